The molecule has 11 heteroatoms. The minimum absolute atomic E-state index is 0.00455. The van der Waals surface area contributed by atoms with Gasteiger partial charge in [-0.1, -0.05) is 0 Å². The van der Waals surface area contributed by atoms with Crippen LogP contribution in [0.5, 0.6) is 0 Å². The molecule has 152 valence electrons. The first-order chi connectivity index (χ1) is 12.0. The van der Waals surface area contributed by atoms with Gasteiger partial charge in [0.1, 0.15) is 0 Å². The second-order valence-corrected chi connectivity index (χ2v) is 6.60. The van der Waals surface area contributed by atoms with Crippen LogP contribution in [0.25, 0.3) is 0 Å². The van der Waals surface area contributed by atoms with E-state index in [0.29, 0.717) is 6.61 Å². The van der Waals surface area contributed by atoms with Crippen LogP contribution in [0.15, 0.2) is 0 Å². The highest BCUT2D eigenvalue weighted by Gasteiger charge is 2.48. The Morgan fingerprint density at radius 3 is 2.15 bits per heavy atom. The fraction of sp³-hybridized carbons (Fsp3) is 0.867. The molecule has 2 fully saturated rings. The molecule has 0 amide bonds. The summed E-state index contributed by atoms with van der Waals surface area (Å²) in [4.78, 5) is 19.5. The van der Waals surface area contributed by atoms with Gasteiger partial charge in [0.05, 0.1) is 19.3 Å². The van der Waals surface area contributed by atoms with Gasteiger partial charge in [-0.15, -0.1) is 0 Å². The van der Waals surface area contributed by atoms with Crippen LogP contribution in [-0.4, -0.2) is 87.1 Å². The largest absolute Gasteiger partial charge is 0.479 e. The first kappa shape index (κ1) is 22.7. The Labute approximate surface area is 150 Å². The molecular weight excluding hydrogens is 354 g/mol. The highest BCUT2D eigenvalue weighted by atomic mass is 16.8. The minimum atomic E-state index is -2.27. The van der Waals surface area contributed by atoms with Gasteiger partial charge < -0.3 is 45.5 Å². The van der Waals surface area contributed by atoms with E-state index in [1.54, 1.807) is 0 Å². The third-order valence-electron chi connectivity index (χ3n) is 3.95. The van der Waals surface area contributed by atoms with Crippen LogP contribution < -0.4 is 5.73 Å². The number of carboxylic acid groups (broad SMARTS) is 2. The zero-order valence-corrected chi connectivity index (χ0v) is 14.6. The molecule has 26 heavy (non-hydrogen) atoms. The van der Waals surface area contributed by atoms with Crippen molar-refractivity contribution < 1.29 is 49.3 Å². The third kappa shape index (κ3) is 6.43. The van der Waals surface area contributed by atoms with Crippen LogP contribution in [0.3, 0.4) is 0 Å². The van der Waals surface area contributed by atoms with E-state index < -0.39 is 29.9 Å². The number of hydrogen-bond donors (Lipinski definition) is 6. The first-order valence-electron chi connectivity index (χ1n) is 8.14. The van der Waals surface area contributed by atoms with Crippen LogP contribution in [0, 0.1) is 5.92 Å². The molecule has 0 aromatic heterocycles. The summed E-state index contributed by atoms with van der Waals surface area (Å²) in [6, 6.07) is 0.160. The zero-order valence-electron chi connectivity index (χ0n) is 14.6. The summed E-state index contributed by atoms with van der Waals surface area (Å²) < 4.78 is 17.1. The minimum Gasteiger partial charge on any atom is -0.479 e. The topological polar surface area (TPSA) is 189 Å². The summed E-state index contributed by atoms with van der Waals surface area (Å²) >= 11 is 0. The van der Waals surface area contributed by atoms with Crippen molar-refractivity contribution in [2.24, 2.45) is 11.7 Å². The Kier molecular flexibility index (Phi) is 8.34. The quantitative estimate of drug-likeness (QED) is 0.301. The lowest BCUT2D eigenvalue weighted by Gasteiger charge is -2.43. The second kappa shape index (κ2) is 9.55. The maximum Gasteiger partial charge on any atom is 0.335 e. The molecular formula is C15H27NO10. The number of ether oxygens (including phenoxy) is 3. The SMILES string of the molecule is CC1(C)OC2C[C@H](N)CC2[C@@H](OCCO)O1.O=C(O)[C@H](O)[C@@H](O)C(=O)O. The second-order valence-electron chi connectivity index (χ2n) is 6.60. The van der Waals surface area contributed by atoms with Gasteiger partial charge in [0.2, 0.25) is 0 Å². The zero-order chi connectivity index (χ0) is 20.1. The van der Waals surface area contributed by atoms with E-state index in [2.05, 4.69) is 0 Å². The summed E-state index contributed by atoms with van der Waals surface area (Å²) in [7, 11) is 0. The number of fused-ring (bicyclic) bond motifs is 1. The number of hydrogen-bond acceptors (Lipinski definition) is 9. The fourth-order valence-electron chi connectivity index (χ4n) is 2.85. The van der Waals surface area contributed by atoms with Gasteiger partial charge in [-0.25, -0.2) is 9.59 Å². The molecule has 6 atom stereocenters. The summed E-state index contributed by atoms with van der Waals surface area (Å²) in [6.45, 7) is 4.05. The van der Waals surface area contributed by atoms with Gasteiger partial charge >= 0.3 is 11.9 Å². The third-order valence-corrected chi connectivity index (χ3v) is 3.95. The van der Waals surface area contributed by atoms with E-state index in [-0.39, 0.29) is 31.0 Å². The van der Waals surface area contributed by atoms with E-state index in [1.165, 1.54) is 0 Å². The molecule has 0 spiro atoms. The normalized spacial score (nSPS) is 31.9. The highest BCUT2D eigenvalue weighted by Crippen LogP contribution is 2.40. The predicted octanol–water partition coefficient (Wildman–Crippen LogP) is -1.91. The molecule has 1 saturated heterocycles. The number of rotatable bonds is 6. The molecule has 0 radical (unpaired) electrons. The van der Waals surface area contributed by atoms with Gasteiger partial charge in [-0.05, 0) is 26.7 Å². The number of carbonyl (C=O) groups is 2. The molecule has 0 aromatic rings. The van der Waals surface area contributed by atoms with Gasteiger partial charge in [-0.3, -0.25) is 0 Å². The lowest BCUT2D eigenvalue weighted by molar-refractivity contribution is -0.368. The van der Waals surface area contributed by atoms with Gasteiger partial charge in [0, 0.05) is 12.0 Å². The first-order valence-corrected chi connectivity index (χ1v) is 8.14. The molecule has 2 aliphatic rings. The van der Waals surface area contributed by atoms with E-state index in [4.69, 9.17) is 45.5 Å². The van der Waals surface area contributed by atoms with Crippen molar-refractivity contribution in [3.8, 4) is 0 Å². The van der Waals surface area contributed by atoms with Crippen molar-refractivity contribution in [3.63, 3.8) is 0 Å². The average Bonchev–Trinajstić information content (AvgIpc) is 2.90. The van der Waals surface area contributed by atoms with Crippen LogP contribution in [-0.2, 0) is 23.8 Å². The number of carboxylic acids is 2. The van der Waals surface area contributed by atoms with Crippen LogP contribution in [0.1, 0.15) is 26.7 Å². The van der Waals surface area contributed by atoms with Gasteiger partial charge in [0.15, 0.2) is 24.3 Å². The number of aliphatic hydroxyl groups is 3. The number of aliphatic hydroxyl groups excluding tert-OH is 3. The lowest BCUT2D eigenvalue weighted by atomic mass is 10.0. The number of nitrogens with two attached hydrogens (primary N) is 1. The molecule has 7 N–H and O–H groups in total. The molecule has 0 aromatic carbocycles. The monoisotopic (exact) mass is 381 g/mol. The predicted molar refractivity (Wildman–Crippen MR) is 84.8 cm³/mol. The van der Waals surface area contributed by atoms with Crippen molar-refractivity contribution in [3.05, 3.63) is 0 Å². The fourth-order valence-corrected chi connectivity index (χ4v) is 2.85. The van der Waals surface area contributed by atoms with Crippen molar-refractivity contribution >= 4 is 11.9 Å². The van der Waals surface area contributed by atoms with Crippen LogP contribution in [0.2, 0.25) is 0 Å². The standard InChI is InChI=1S/C11H21NO4.C4H6O6/c1-11(2)15-9-6-7(12)5-8(9)10(16-11)14-4-3-13;5-1(3(7)8)2(6)4(9)10/h7-10,13H,3-6,12H2,1-2H3;1-2,5-6H,(H,7,8)(H,9,10)/t7-,8?,9?,10+;1-,2-/m11/s1. The molecule has 11 nitrogen and oxygen atoms in total. The number of aliphatic carboxylic acids is 2. The summed E-state index contributed by atoms with van der Waals surface area (Å²) in [6.07, 6.45) is -3.01. The Morgan fingerprint density at radius 2 is 1.69 bits per heavy atom. The molecule has 2 unspecified atom stereocenters. The average molecular weight is 381 g/mol. The molecule has 1 heterocycles. The summed E-state index contributed by atoms with van der Waals surface area (Å²) in [5.41, 5.74) is 5.93. The Morgan fingerprint density at radius 1 is 1.15 bits per heavy atom. The van der Waals surface area contributed by atoms with E-state index in [9.17, 15) is 9.59 Å². The van der Waals surface area contributed by atoms with Crippen molar-refractivity contribution in [2.45, 2.75) is 63.1 Å². The Bertz CT molecular complexity index is 467. The molecule has 1 saturated carbocycles. The maximum atomic E-state index is 9.77. The van der Waals surface area contributed by atoms with Crippen molar-refractivity contribution in [1.29, 1.82) is 0 Å². The van der Waals surface area contributed by atoms with E-state index in [0.717, 1.165) is 12.8 Å². The lowest BCUT2D eigenvalue weighted by Crippen LogP contribution is -2.50. The molecule has 1 aliphatic carbocycles. The summed E-state index contributed by atoms with van der Waals surface area (Å²) in [5.74, 6) is -3.98. The maximum absolute atomic E-state index is 9.77. The van der Waals surface area contributed by atoms with Crippen molar-refractivity contribution in [2.75, 3.05) is 13.2 Å². The van der Waals surface area contributed by atoms with Crippen LogP contribution in [0.4, 0.5) is 0 Å². The van der Waals surface area contributed by atoms with Gasteiger partial charge in [-0.2, -0.15) is 0 Å². The summed E-state index contributed by atoms with van der Waals surface area (Å²) in [5, 5.41) is 41.3. The highest BCUT2D eigenvalue weighted by molar-refractivity contribution is 5.83. The smallest absolute Gasteiger partial charge is 0.335 e. The van der Waals surface area contributed by atoms with E-state index >= 15 is 0 Å². The van der Waals surface area contributed by atoms with E-state index in [1.807, 2.05) is 13.8 Å². The molecule has 0 bridgehead atoms. The Hall–Kier alpha value is -1.34. The molecule has 2 rings (SSSR count). The van der Waals surface area contributed by atoms with Crippen LogP contribution >= 0.6 is 0 Å². The van der Waals surface area contributed by atoms with Crippen molar-refractivity contribution in [1.82, 2.24) is 0 Å². The Balaban J connectivity index is 0.000000294. The van der Waals surface area contributed by atoms with Gasteiger partial charge in [0.25, 0.3) is 0 Å². The molecule has 1 aliphatic heterocycles.